The van der Waals surface area contributed by atoms with Gasteiger partial charge in [-0.15, -0.1) is 0 Å². The van der Waals surface area contributed by atoms with Gasteiger partial charge in [0.2, 0.25) is 10.0 Å². The molecular formula is C11H25NO2S. The van der Waals surface area contributed by atoms with Crippen LogP contribution < -0.4 is 4.72 Å². The molecule has 0 saturated heterocycles. The third kappa shape index (κ3) is 6.90. The van der Waals surface area contributed by atoms with Gasteiger partial charge in [0.25, 0.3) is 0 Å². The number of nitrogens with one attached hydrogen (secondary N) is 1. The van der Waals surface area contributed by atoms with Crippen molar-refractivity contribution >= 4 is 10.0 Å². The van der Waals surface area contributed by atoms with E-state index in [1.54, 1.807) is 0 Å². The van der Waals surface area contributed by atoms with Gasteiger partial charge in [0.05, 0.1) is 5.75 Å². The number of rotatable bonds is 8. The second-order valence-corrected chi connectivity index (χ2v) is 6.36. The molecule has 0 fully saturated rings. The van der Waals surface area contributed by atoms with Gasteiger partial charge in [-0.3, -0.25) is 0 Å². The molecule has 0 saturated carbocycles. The summed E-state index contributed by atoms with van der Waals surface area (Å²) in [5, 5.41) is 0. The molecule has 0 aliphatic rings. The number of sulfonamides is 1. The Hall–Kier alpha value is -0.0900. The molecule has 1 N–H and O–H groups in total. The van der Waals surface area contributed by atoms with E-state index in [4.69, 9.17) is 0 Å². The summed E-state index contributed by atoms with van der Waals surface area (Å²) < 4.78 is 25.7. The van der Waals surface area contributed by atoms with Gasteiger partial charge in [-0.05, 0) is 18.3 Å². The third-order valence-corrected chi connectivity index (χ3v) is 4.23. The van der Waals surface area contributed by atoms with Gasteiger partial charge in [-0.1, -0.05) is 40.5 Å². The maximum atomic E-state index is 11.5. The first-order chi connectivity index (χ1) is 6.93. The Bertz CT molecular complexity index is 247. The maximum Gasteiger partial charge on any atom is 0.211 e. The van der Waals surface area contributed by atoms with Crippen molar-refractivity contribution in [3.63, 3.8) is 0 Å². The van der Waals surface area contributed by atoms with E-state index < -0.39 is 10.0 Å². The molecule has 0 aromatic carbocycles. The molecule has 0 bridgehead atoms. The molecule has 0 amide bonds. The van der Waals surface area contributed by atoms with Gasteiger partial charge in [0.15, 0.2) is 0 Å². The minimum atomic E-state index is -3.03. The van der Waals surface area contributed by atoms with E-state index in [9.17, 15) is 8.42 Å². The Labute approximate surface area is 94.7 Å². The predicted octanol–water partition coefficient (Wildman–Crippen LogP) is 2.39. The van der Waals surface area contributed by atoms with Gasteiger partial charge in [-0.25, -0.2) is 13.1 Å². The minimum Gasteiger partial charge on any atom is -0.215 e. The zero-order valence-electron chi connectivity index (χ0n) is 10.4. The SMILES string of the molecule is CCCCS(=O)(=O)NCC(CC)C(C)C. The van der Waals surface area contributed by atoms with Crippen LogP contribution in [0.15, 0.2) is 0 Å². The number of unbranched alkanes of at least 4 members (excludes halogenated alkanes) is 1. The molecule has 0 heterocycles. The number of hydrogen-bond acceptors (Lipinski definition) is 2. The molecule has 1 atom stereocenters. The van der Waals surface area contributed by atoms with Gasteiger partial charge in [0.1, 0.15) is 0 Å². The van der Waals surface area contributed by atoms with Crippen molar-refractivity contribution in [2.24, 2.45) is 11.8 Å². The molecule has 0 aromatic rings. The summed E-state index contributed by atoms with van der Waals surface area (Å²) >= 11 is 0. The average Bonchev–Trinajstić information content (AvgIpc) is 2.15. The Morgan fingerprint density at radius 2 is 1.80 bits per heavy atom. The van der Waals surface area contributed by atoms with Crippen molar-refractivity contribution in [3.05, 3.63) is 0 Å². The van der Waals surface area contributed by atoms with Crippen molar-refractivity contribution in [2.45, 2.75) is 47.0 Å². The first kappa shape index (κ1) is 14.9. The average molecular weight is 235 g/mol. The van der Waals surface area contributed by atoms with Crippen LogP contribution in [0.2, 0.25) is 0 Å². The fourth-order valence-corrected chi connectivity index (χ4v) is 2.77. The lowest BCUT2D eigenvalue weighted by molar-refractivity contribution is 0.371. The molecule has 0 aromatic heterocycles. The summed E-state index contributed by atoms with van der Waals surface area (Å²) in [6.45, 7) is 8.95. The Morgan fingerprint density at radius 3 is 2.20 bits per heavy atom. The molecule has 4 heteroatoms. The molecule has 0 spiro atoms. The third-order valence-electron chi connectivity index (χ3n) is 2.80. The number of hydrogen-bond donors (Lipinski definition) is 1. The van der Waals surface area contributed by atoms with Gasteiger partial charge in [0, 0.05) is 6.54 Å². The van der Waals surface area contributed by atoms with Crippen LogP contribution in [0.4, 0.5) is 0 Å². The second kappa shape index (κ2) is 7.23. The highest BCUT2D eigenvalue weighted by Gasteiger charge is 2.15. The van der Waals surface area contributed by atoms with E-state index in [0.29, 0.717) is 18.4 Å². The summed E-state index contributed by atoms with van der Waals surface area (Å²) in [7, 11) is -3.03. The molecular weight excluding hydrogens is 210 g/mol. The second-order valence-electron chi connectivity index (χ2n) is 4.43. The molecule has 3 nitrogen and oxygen atoms in total. The van der Waals surface area contributed by atoms with Crippen molar-refractivity contribution in [1.82, 2.24) is 4.72 Å². The van der Waals surface area contributed by atoms with E-state index in [0.717, 1.165) is 19.3 Å². The first-order valence-corrected chi connectivity index (χ1v) is 7.55. The van der Waals surface area contributed by atoms with Crippen molar-refractivity contribution in [2.75, 3.05) is 12.3 Å². The van der Waals surface area contributed by atoms with E-state index in [2.05, 4.69) is 25.5 Å². The molecule has 0 aliphatic carbocycles. The predicted molar refractivity (Wildman–Crippen MR) is 65.3 cm³/mol. The fourth-order valence-electron chi connectivity index (χ4n) is 1.49. The zero-order valence-corrected chi connectivity index (χ0v) is 11.2. The standard InChI is InChI=1S/C11H25NO2S/c1-5-7-8-15(13,14)12-9-11(6-2)10(3)4/h10-12H,5-9H2,1-4H3. The molecule has 1 unspecified atom stereocenters. The highest BCUT2D eigenvalue weighted by atomic mass is 32.2. The van der Waals surface area contributed by atoms with Crippen LogP contribution in [-0.4, -0.2) is 20.7 Å². The highest BCUT2D eigenvalue weighted by Crippen LogP contribution is 2.13. The van der Waals surface area contributed by atoms with Crippen molar-refractivity contribution in [1.29, 1.82) is 0 Å². The van der Waals surface area contributed by atoms with Gasteiger partial charge < -0.3 is 0 Å². The molecule has 0 aliphatic heterocycles. The summed E-state index contributed by atoms with van der Waals surface area (Å²) in [6.07, 6.45) is 2.68. The van der Waals surface area contributed by atoms with Crippen molar-refractivity contribution < 1.29 is 8.42 Å². The summed E-state index contributed by atoms with van der Waals surface area (Å²) in [5.41, 5.74) is 0. The fraction of sp³-hybridized carbons (Fsp3) is 1.00. The van der Waals surface area contributed by atoms with Gasteiger partial charge >= 0.3 is 0 Å². The lowest BCUT2D eigenvalue weighted by Crippen LogP contribution is -2.32. The molecule has 0 radical (unpaired) electrons. The van der Waals surface area contributed by atoms with Crippen LogP contribution >= 0.6 is 0 Å². The van der Waals surface area contributed by atoms with Crippen LogP contribution in [-0.2, 0) is 10.0 Å². The van der Waals surface area contributed by atoms with Crippen LogP contribution in [0.1, 0.15) is 47.0 Å². The van der Waals surface area contributed by atoms with E-state index in [-0.39, 0.29) is 5.75 Å². The normalized spacial score (nSPS) is 14.5. The molecule has 0 rings (SSSR count). The lowest BCUT2D eigenvalue weighted by Gasteiger charge is -2.19. The largest absolute Gasteiger partial charge is 0.215 e. The maximum absolute atomic E-state index is 11.5. The summed E-state index contributed by atoms with van der Waals surface area (Å²) in [4.78, 5) is 0. The van der Waals surface area contributed by atoms with E-state index >= 15 is 0 Å². The summed E-state index contributed by atoms with van der Waals surface area (Å²) in [6, 6.07) is 0. The smallest absolute Gasteiger partial charge is 0.211 e. The topological polar surface area (TPSA) is 46.2 Å². The van der Waals surface area contributed by atoms with E-state index in [1.807, 2.05) is 6.92 Å². The Kier molecular flexibility index (Phi) is 7.18. The monoisotopic (exact) mass is 235 g/mol. The van der Waals surface area contributed by atoms with Crippen LogP contribution in [0.3, 0.4) is 0 Å². The highest BCUT2D eigenvalue weighted by molar-refractivity contribution is 7.89. The Balaban J connectivity index is 4.01. The quantitative estimate of drug-likeness (QED) is 0.702. The van der Waals surface area contributed by atoms with Crippen molar-refractivity contribution in [3.8, 4) is 0 Å². The molecule has 92 valence electrons. The summed E-state index contributed by atoms with van der Waals surface area (Å²) in [5.74, 6) is 1.24. The van der Waals surface area contributed by atoms with Crippen LogP contribution in [0.25, 0.3) is 0 Å². The zero-order chi connectivity index (χ0) is 11.9. The van der Waals surface area contributed by atoms with Crippen LogP contribution in [0, 0.1) is 11.8 Å². The lowest BCUT2D eigenvalue weighted by atomic mass is 9.94. The molecule has 15 heavy (non-hydrogen) atoms. The minimum absolute atomic E-state index is 0.262. The van der Waals surface area contributed by atoms with Crippen LogP contribution in [0.5, 0.6) is 0 Å². The Morgan fingerprint density at radius 1 is 1.20 bits per heavy atom. The van der Waals surface area contributed by atoms with E-state index in [1.165, 1.54) is 0 Å². The first-order valence-electron chi connectivity index (χ1n) is 5.90. The van der Waals surface area contributed by atoms with Gasteiger partial charge in [-0.2, -0.15) is 0 Å².